The van der Waals surface area contributed by atoms with E-state index in [-0.39, 0.29) is 0 Å². The molecule has 1 rings (SSSR count). The van der Waals surface area contributed by atoms with Crippen molar-refractivity contribution in [3.63, 3.8) is 0 Å². The van der Waals surface area contributed by atoms with E-state index in [0.717, 1.165) is 6.42 Å². The number of rotatable bonds is 1. The van der Waals surface area contributed by atoms with Gasteiger partial charge in [0, 0.05) is 7.11 Å². The first-order chi connectivity index (χ1) is 4.83. The van der Waals surface area contributed by atoms with E-state index in [1.165, 1.54) is 24.8 Å². The van der Waals surface area contributed by atoms with Gasteiger partial charge in [-0.3, -0.25) is 0 Å². The Hall–Kier alpha value is -0.300. The smallest absolute Gasteiger partial charge is 0.0608 e. The van der Waals surface area contributed by atoms with Crippen LogP contribution in [0.3, 0.4) is 0 Å². The van der Waals surface area contributed by atoms with Gasteiger partial charge in [0.1, 0.15) is 0 Å². The van der Waals surface area contributed by atoms with E-state index in [2.05, 4.69) is 13.0 Å². The summed E-state index contributed by atoms with van der Waals surface area (Å²) in [5, 5.41) is 0. The lowest BCUT2D eigenvalue weighted by atomic mass is 10.1. The summed E-state index contributed by atoms with van der Waals surface area (Å²) in [6.45, 7) is 2.19. The highest BCUT2D eigenvalue weighted by Gasteiger charge is 2.09. The second kappa shape index (κ2) is 3.77. The Morgan fingerprint density at radius 3 is 3.10 bits per heavy atom. The van der Waals surface area contributed by atoms with Crippen molar-refractivity contribution < 1.29 is 4.74 Å². The molecular weight excluding hydrogens is 124 g/mol. The fourth-order valence-corrected chi connectivity index (χ4v) is 1.44. The lowest BCUT2D eigenvalue weighted by Crippen LogP contribution is -2.08. The van der Waals surface area contributed by atoms with Gasteiger partial charge in [-0.25, -0.2) is 0 Å². The molecule has 0 saturated heterocycles. The predicted molar refractivity (Wildman–Crippen MR) is 43.0 cm³/mol. The summed E-state index contributed by atoms with van der Waals surface area (Å²) >= 11 is 0. The van der Waals surface area contributed by atoms with Gasteiger partial charge < -0.3 is 4.74 Å². The number of methoxy groups -OCH3 is 1. The maximum atomic E-state index is 5.30. The molecule has 0 N–H and O–H groups in total. The molecule has 0 radical (unpaired) electrons. The van der Waals surface area contributed by atoms with Crippen LogP contribution >= 0.6 is 0 Å². The minimum absolute atomic E-state index is 0.485. The molecule has 10 heavy (non-hydrogen) atoms. The lowest BCUT2D eigenvalue weighted by molar-refractivity contribution is 0.0958. The van der Waals surface area contributed by atoms with Crippen molar-refractivity contribution in [3.05, 3.63) is 11.6 Å². The standard InChI is InChI=1S/C9H16O/c1-8-5-3-4-6-9(7-8)10-2/h5,9H,3-4,6-7H2,1-2H3. The maximum Gasteiger partial charge on any atom is 0.0608 e. The van der Waals surface area contributed by atoms with E-state index < -0.39 is 0 Å². The Labute approximate surface area is 63.1 Å². The van der Waals surface area contributed by atoms with Crippen LogP contribution in [-0.4, -0.2) is 13.2 Å². The van der Waals surface area contributed by atoms with Crippen LogP contribution in [0.1, 0.15) is 32.6 Å². The number of hydrogen-bond donors (Lipinski definition) is 0. The Bertz CT molecular complexity index is 127. The molecule has 58 valence electrons. The van der Waals surface area contributed by atoms with E-state index in [4.69, 9.17) is 4.74 Å². The van der Waals surface area contributed by atoms with Crippen molar-refractivity contribution in [3.8, 4) is 0 Å². The largest absolute Gasteiger partial charge is 0.381 e. The summed E-state index contributed by atoms with van der Waals surface area (Å²) in [5.41, 5.74) is 1.49. The summed E-state index contributed by atoms with van der Waals surface area (Å²) in [4.78, 5) is 0. The van der Waals surface area contributed by atoms with E-state index >= 15 is 0 Å². The lowest BCUT2D eigenvalue weighted by Gasteiger charge is -2.11. The normalized spacial score (nSPS) is 27.4. The highest BCUT2D eigenvalue weighted by Crippen LogP contribution is 2.18. The quantitative estimate of drug-likeness (QED) is 0.508. The van der Waals surface area contributed by atoms with E-state index in [1.54, 1.807) is 0 Å². The second-order valence-electron chi connectivity index (χ2n) is 3.04. The monoisotopic (exact) mass is 140 g/mol. The first kappa shape index (κ1) is 7.80. The number of ether oxygens (including phenoxy) is 1. The van der Waals surface area contributed by atoms with Gasteiger partial charge in [-0.1, -0.05) is 11.6 Å². The fraction of sp³-hybridized carbons (Fsp3) is 0.778. The molecule has 1 heteroatoms. The molecular formula is C9H16O. The molecule has 0 aromatic carbocycles. The fourth-order valence-electron chi connectivity index (χ4n) is 1.44. The molecule has 1 nitrogen and oxygen atoms in total. The van der Waals surface area contributed by atoms with Crippen LogP contribution in [0.5, 0.6) is 0 Å². The zero-order valence-electron chi connectivity index (χ0n) is 6.89. The van der Waals surface area contributed by atoms with Crippen LogP contribution < -0.4 is 0 Å². The first-order valence-corrected chi connectivity index (χ1v) is 4.01. The van der Waals surface area contributed by atoms with Crippen LogP contribution in [0, 0.1) is 0 Å². The summed E-state index contributed by atoms with van der Waals surface area (Å²) in [7, 11) is 1.81. The van der Waals surface area contributed by atoms with Crippen LogP contribution in [0.4, 0.5) is 0 Å². The highest BCUT2D eigenvalue weighted by atomic mass is 16.5. The van der Waals surface area contributed by atoms with Crippen molar-refractivity contribution in [1.82, 2.24) is 0 Å². The zero-order chi connectivity index (χ0) is 7.40. The van der Waals surface area contributed by atoms with Gasteiger partial charge in [0.25, 0.3) is 0 Å². The molecule has 0 fully saturated rings. The van der Waals surface area contributed by atoms with Crippen LogP contribution in [0.2, 0.25) is 0 Å². The Morgan fingerprint density at radius 1 is 1.60 bits per heavy atom. The molecule has 0 bridgehead atoms. The van der Waals surface area contributed by atoms with E-state index in [9.17, 15) is 0 Å². The third kappa shape index (κ3) is 2.14. The predicted octanol–water partition coefficient (Wildman–Crippen LogP) is 2.52. The maximum absolute atomic E-state index is 5.30. The summed E-state index contributed by atoms with van der Waals surface area (Å²) in [5.74, 6) is 0. The highest BCUT2D eigenvalue weighted by molar-refractivity contribution is 5.01. The van der Waals surface area contributed by atoms with Gasteiger partial charge in [0.2, 0.25) is 0 Å². The van der Waals surface area contributed by atoms with Gasteiger partial charge in [-0.15, -0.1) is 0 Å². The molecule has 0 aliphatic heterocycles. The molecule has 0 heterocycles. The molecule has 0 aromatic rings. The number of hydrogen-bond acceptors (Lipinski definition) is 1. The molecule has 1 unspecified atom stereocenters. The Balaban J connectivity index is 2.43. The minimum atomic E-state index is 0.485. The van der Waals surface area contributed by atoms with Gasteiger partial charge in [-0.2, -0.15) is 0 Å². The van der Waals surface area contributed by atoms with Gasteiger partial charge in [0.05, 0.1) is 6.10 Å². The van der Waals surface area contributed by atoms with Gasteiger partial charge >= 0.3 is 0 Å². The van der Waals surface area contributed by atoms with Crippen molar-refractivity contribution in [2.45, 2.75) is 38.7 Å². The third-order valence-electron chi connectivity index (χ3n) is 2.11. The molecule has 0 aromatic heterocycles. The SMILES string of the molecule is COC1CCCC=C(C)C1. The summed E-state index contributed by atoms with van der Waals surface area (Å²) < 4.78 is 5.30. The molecule has 1 aliphatic carbocycles. The molecule has 0 saturated carbocycles. The Morgan fingerprint density at radius 2 is 2.40 bits per heavy atom. The Kier molecular flexibility index (Phi) is 2.94. The molecule has 1 aliphatic rings. The minimum Gasteiger partial charge on any atom is -0.381 e. The van der Waals surface area contributed by atoms with Crippen LogP contribution in [0.25, 0.3) is 0 Å². The van der Waals surface area contributed by atoms with Crippen LogP contribution in [-0.2, 0) is 4.74 Å². The molecule has 0 amide bonds. The van der Waals surface area contributed by atoms with Crippen molar-refractivity contribution in [2.75, 3.05) is 7.11 Å². The van der Waals surface area contributed by atoms with Gasteiger partial charge in [0.15, 0.2) is 0 Å². The van der Waals surface area contributed by atoms with E-state index in [1.807, 2.05) is 7.11 Å². The van der Waals surface area contributed by atoms with E-state index in [0.29, 0.717) is 6.10 Å². The topological polar surface area (TPSA) is 9.23 Å². The molecule has 1 atom stereocenters. The molecule has 0 spiro atoms. The second-order valence-corrected chi connectivity index (χ2v) is 3.04. The van der Waals surface area contributed by atoms with Gasteiger partial charge in [-0.05, 0) is 32.6 Å². The van der Waals surface area contributed by atoms with Crippen LogP contribution in [0.15, 0.2) is 11.6 Å². The summed E-state index contributed by atoms with van der Waals surface area (Å²) in [6, 6.07) is 0. The third-order valence-corrected chi connectivity index (χ3v) is 2.11. The van der Waals surface area contributed by atoms with Crippen molar-refractivity contribution in [2.24, 2.45) is 0 Å². The number of allylic oxidation sites excluding steroid dienone is 1. The zero-order valence-corrected chi connectivity index (χ0v) is 6.89. The van der Waals surface area contributed by atoms with Crippen molar-refractivity contribution >= 4 is 0 Å². The average molecular weight is 140 g/mol. The summed E-state index contributed by atoms with van der Waals surface area (Å²) in [6.07, 6.45) is 7.71. The van der Waals surface area contributed by atoms with Crippen molar-refractivity contribution in [1.29, 1.82) is 0 Å². The average Bonchev–Trinajstić information content (AvgIpc) is 2.13. The first-order valence-electron chi connectivity index (χ1n) is 4.01.